The third-order valence-corrected chi connectivity index (χ3v) is 4.59. The lowest BCUT2D eigenvalue weighted by molar-refractivity contribution is 0.305. The molecule has 3 heteroatoms. The molecule has 3 nitrogen and oxygen atoms in total. The first-order chi connectivity index (χ1) is 13.2. The van der Waals surface area contributed by atoms with E-state index in [0.717, 1.165) is 52.5 Å². The molecule has 140 valence electrons. The van der Waals surface area contributed by atoms with Crippen molar-refractivity contribution < 1.29 is 9.26 Å². The first-order valence-electron chi connectivity index (χ1n) is 9.63. The maximum absolute atomic E-state index is 5.80. The summed E-state index contributed by atoms with van der Waals surface area (Å²) in [6.45, 7) is 8.95. The van der Waals surface area contributed by atoms with E-state index in [2.05, 4.69) is 30.8 Å². The van der Waals surface area contributed by atoms with Gasteiger partial charge in [-0.15, -0.1) is 0 Å². The van der Waals surface area contributed by atoms with Gasteiger partial charge in [0.05, 0.1) is 6.61 Å². The molecule has 3 rings (SSSR count). The molecule has 0 fully saturated rings. The van der Waals surface area contributed by atoms with E-state index in [9.17, 15) is 0 Å². The molecule has 3 aromatic rings. The van der Waals surface area contributed by atoms with E-state index in [-0.39, 0.29) is 0 Å². The molecule has 0 amide bonds. The van der Waals surface area contributed by atoms with Crippen molar-refractivity contribution >= 4 is 5.57 Å². The molecule has 0 atom stereocenters. The Kier molecular flexibility index (Phi) is 6.48. The van der Waals surface area contributed by atoms with Crippen molar-refractivity contribution in [2.45, 2.75) is 39.5 Å². The Morgan fingerprint density at radius 2 is 1.67 bits per heavy atom. The summed E-state index contributed by atoms with van der Waals surface area (Å²) in [4.78, 5) is 0. The predicted molar refractivity (Wildman–Crippen MR) is 112 cm³/mol. The van der Waals surface area contributed by atoms with Crippen LogP contribution in [-0.2, 0) is 0 Å². The standard InChI is InChI=1S/C24H27NO2/c1-4-5-6-7-16-26-22-14-12-21(13-15-22)24-17-23(25-27-24)20-10-8-19(9-11-20)18(2)3/h8-15,17H,2,4-7,16H2,1,3H3. The third kappa shape index (κ3) is 5.10. The Hall–Kier alpha value is -2.81. The van der Waals surface area contributed by atoms with Crippen LogP contribution in [0.1, 0.15) is 45.1 Å². The van der Waals surface area contributed by atoms with Gasteiger partial charge in [-0.3, -0.25) is 0 Å². The van der Waals surface area contributed by atoms with Gasteiger partial charge >= 0.3 is 0 Å². The maximum atomic E-state index is 5.80. The highest BCUT2D eigenvalue weighted by Gasteiger charge is 2.09. The molecule has 0 spiro atoms. The molecule has 1 aromatic heterocycles. The van der Waals surface area contributed by atoms with Crippen molar-refractivity contribution in [2.75, 3.05) is 6.61 Å². The lowest BCUT2D eigenvalue weighted by Gasteiger charge is -2.06. The Labute approximate surface area is 161 Å². The van der Waals surface area contributed by atoms with Gasteiger partial charge in [0, 0.05) is 17.2 Å². The molecule has 0 aliphatic rings. The number of benzene rings is 2. The molecule has 0 unspecified atom stereocenters. The zero-order chi connectivity index (χ0) is 19.1. The van der Waals surface area contributed by atoms with Crippen LogP contribution in [0, 0.1) is 0 Å². The lowest BCUT2D eigenvalue weighted by atomic mass is 10.0. The molecule has 2 aromatic carbocycles. The van der Waals surface area contributed by atoms with E-state index in [4.69, 9.17) is 9.26 Å². The van der Waals surface area contributed by atoms with Crippen LogP contribution in [-0.4, -0.2) is 11.8 Å². The summed E-state index contributed by atoms with van der Waals surface area (Å²) in [6, 6.07) is 18.2. The number of unbranched alkanes of at least 4 members (excludes halogenated alkanes) is 3. The van der Waals surface area contributed by atoms with Crippen molar-refractivity contribution in [1.29, 1.82) is 0 Å². The normalized spacial score (nSPS) is 10.7. The molecule has 0 saturated heterocycles. The minimum Gasteiger partial charge on any atom is -0.494 e. The van der Waals surface area contributed by atoms with Crippen LogP contribution in [0.25, 0.3) is 28.2 Å². The second kappa shape index (κ2) is 9.22. The maximum Gasteiger partial charge on any atom is 0.167 e. The van der Waals surface area contributed by atoms with Gasteiger partial charge in [0.15, 0.2) is 5.76 Å². The first kappa shape index (κ1) is 19.0. The Morgan fingerprint density at radius 1 is 0.963 bits per heavy atom. The van der Waals surface area contributed by atoms with E-state index in [1.165, 1.54) is 19.3 Å². The second-order valence-electron chi connectivity index (χ2n) is 6.87. The Bertz CT molecular complexity index is 860. The van der Waals surface area contributed by atoms with Gasteiger partial charge in [0.2, 0.25) is 0 Å². The molecule has 0 bridgehead atoms. The average molecular weight is 361 g/mol. The summed E-state index contributed by atoms with van der Waals surface area (Å²) in [7, 11) is 0. The van der Waals surface area contributed by atoms with Gasteiger partial charge in [-0.2, -0.15) is 0 Å². The molecule has 0 N–H and O–H groups in total. The molecule has 0 aliphatic heterocycles. The van der Waals surface area contributed by atoms with Crippen LogP contribution < -0.4 is 4.74 Å². The van der Waals surface area contributed by atoms with E-state index in [1.807, 2.05) is 49.4 Å². The Morgan fingerprint density at radius 3 is 2.33 bits per heavy atom. The van der Waals surface area contributed by atoms with E-state index in [0.29, 0.717) is 0 Å². The smallest absolute Gasteiger partial charge is 0.167 e. The summed E-state index contributed by atoms with van der Waals surface area (Å²) in [5.74, 6) is 1.65. The van der Waals surface area contributed by atoms with Crippen molar-refractivity contribution in [3.05, 3.63) is 66.7 Å². The SMILES string of the molecule is C=C(C)c1ccc(-c2cc(-c3ccc(OCCCCCC)cc3)on2)cc1. The fourth-order valence-corrected chi connectivity index (χ4v) is 2.91. The molecule has 0 aliphatic carbocycles. The topological polar surface area (TPSA) is 35.3 Å². The van der Waals surface area contributed by atoms with Crippen molar-refractivity contribution in [3.63, 3.8) is 0 Å². The summed E-state index contributed by atoms with van der Waals surface area (Å²) >= 11 is 0. The average Bonchev–Trinajstić information content (AvgIpc) is 3.18. The molecule has 1 heterocycles. The molecular formula is C24H27NO2. The minimum atomic E-state index is 0.753. The predicted octanol–water partition coefficient (Wildman–Crippen LogP) is 7.00. The number of hydrogen-bond donors (Lipinski definition) is 0. The van der Waals surface area contributed by atoms with E-state index in [1.54, 1.807) is 0 Å². The van der Waals surface area contributed by atoms with Gasteiger partial charge in [0.25, 0.3) is 0 Å². The number of aromatic nitrogens is 1. The zero-order valence-corrected chi connectivity index (χ0v) is 16.2. The van der Waals surface area contributed by atoms with Crippen molar-refractivity contribution in [2.24, 2.45) is 0 Å². The van der Waals surface area contributed by atoms with Crippen molar-refractivity contribution in [3.8, 4) is 28.3 Å². The third-order valence-electron chi connectivity index (χ3n) is 4.59. The van der Waals surface area contributed by atoms with Crippen LogP contribution in [0.4, 0.5) is 0 Å². The summed E-state index contributed by atoms with van der Waals surface area (Å²) in [6.07, 6.45) is 4.84. The zero-order valence-electron chi connectivity index (χ0n) is 16.2. The van der Waals surface area contributed by atoms with Crippen LogP contribution in [0.15, 0.2) is 65.7 Å². The quantitative estimate of drug-likeness (QED) is 0.385. The summed E-state index contributed by atoms with van der Waals surface area (Å²) < 4.78 is 11.3. The van der Waals surface area contributed by atoms with Crippen LogP contribution >= 0.6 is 0 Å². The van der Waals surface area contributed by atoms with Crippen LogP contribution in [0.5, 0.6) is 5.75 Å². The first-order valence-corrected chi connectivity index (χ1v) is 9.63. The summed E-state index contributed by atoms with van der Waals surface area (Å²) in [5.41, 5.74) is 5.03. The van der Waals surface area contributed by atoms with Gasteiger partial charge in [0.1, 0.15) is 11.4 Å². The highest BCUT2D eigenvalue weighted by atomic mass is 16.5. The highest BCUT2D eigenvalue weighted by molar-refractivity contribution is 5.69. The Balaban J connectivity index is 1.63. The number of ether oxygens (including phenoxy) is 1. The van der Waals surface area contributed by atoms with Crippen LogP contribution in [0.2, 0.25) is 0 Å². The van der Waals surface area contributed by atoms with E-state index < -0.39 is 0 Å². The monoisotopic (exact) mass is 361 g/mol. The second-order valence-corrected chi connectivity index (χ2v) is 6.87. The number of allylic oxidation sites excluding steroid dienone is 1. The fourth-order valence-electron chi connectivity index (χ4n) is 2.91. The van der Waals surface area contributed by atoms with Gasteiger partial charge in [-0.1, -0.05) is 67.8 Å². The molecule has 27 heavy (non-hydrogen) atoms. The van der Waals surface area contributed by atoms with Gasteiger partial charge in [-0.05, 0) is 43.2 Å². The summed E-state index contributed by atoms with van der Waals surface area (Å²) in [5, 5.41) is 4.21. The van der Waals surface area contributed by atoms with Crippen LogP contribution in [0.3, 0.4) is 0 Å². The number of rotatable bonds is 9. The fraction of sp³-hybridized carbons (Fsp3) is 0.292. The highest BCUT2D eigenvalue weighted by Crippen LogP contribution is 2.28. The minimum absolute atomic E-state index is 0.753. The van der Waals surface area contributed by atoms with Gasteiger partial charge in [-0.25, -0.2) is 0 Å². The van der Waals surface area contributed by atoms with Gasteiger partial charge < -0.3 is 9.26 Å². The van der Waals surface area contributed by atoms with Crippen molar-refractivity contribution in [1.82, 2.24) is 5.16 Å². The molecular weight excluding hydrogens is 334 g/mol. The molecule has 0 saturated carbocycles. The lowest BCUT2D eigenvalue weighted by Crippen LogP contribution is -1.96. The van der Waals surface area contributed by atoms with E-state index >= 15 is 0 Å². The molecule has 0 radical (unpaired) electrons. The number of hydrogen-bond acceptors (Lipinski definition) is 3. The largest absolute Gasteiger partial charge is 0.494 e. The number of nitrogens with zero attached hydrogens (tertiary/aromatic N) is 1.